The van der Waals surface area contributed by atoms with Gasteiger partial charge in [-0.3, -0.25) is 14.9 Å². The number of benzene rings is 1. The molecular formula is C14H17ClN2O4. The SMILES string of the molecule is O=C1COc2ccc([N+](=O)[O-])cc2N1CCCCCCCl. The van der Waals surface area contributed by atoms with Gasteiger partial charge in [0.1, 0.15) is 5.75 Å². The van der Waals surface area contributed by atoms with Crippen LogP contribution < -0.4 is 9.64 Å². The van der Waals surface area contributed by atoms with Crippen LogP contribution in [0, 0.1) is 10.1 Å². The molecule has 0 unspecified atom stereocenters. The van der Waals surface area contributed by atoms with E-state index in [0.717, 1.165) is 25.7 Å². The second-order valence-corrected chi connectivity index (χ2v) is 5.22. The Bertz CT molecular complexity index is 536. The molecule has 0 bridgehead atoms. The molecule has 21 heavy (non-hydrogen) atoms. The van der Waals surface area contributed by atoms with Crippen molar-refractivity contribution in [2.75, 3.05) is 23.9 Å². The standard InChI is InChI=1S/C14H17ClN2O4/c15-7-3-1-2-4-8-16-12-9-11(17(19)20)5-6-13(12)21-10-14(16)18/h5-6,9H,1-4,7-8,10H2. The number of carbonyl (C=O) groups excluding carboxylic acids is 1. The van der Waals surface area contributed by atoms with Crippen molar-refractivity contribution in [2.24, 2.45) is 0 Å². The molecule has 1 amide bonds. The largest absolute Gasteiger partial charge is 0.482 e. The third-order valence-electron chi connectivity index (χ3n) is 3.36. The number of hydrogen-bond acceptors (Lipinski definition) is 4. The number of nitrogens with zero attached hydrogens (tertiary/aromatic N) is 2. The monoisotopic (exact) mass is 312 g/mol. The number of anilines is 1. The van der Waals surface area contributed by atoms with Crippen molar-refractivity contribution in [3.63, 3.8) is 0 Å². The molecule has 0 saturated carbocycles. The molecule has 2 rings (SSSR count). The van der Waals surface area contributed by atoms with Gasteiger partial charge in [0.25, 0.3) is 11.6 Å². The average Bonchev–Trinajstić information content (AvgIpc) is 2.48. The molecule has 0 saturated heterocycles. The van der Waals surface area contributed by atoms with E-state index in [1.807, 2.05) is 0 Å². The van der Waals surface area contributed by atoms with Gasteiger partial charge in [-0.05, 0) is 18.9 Å². The van der Waals surface area contributed by atoms with Crippen molar-refractivity contribution >= 4 is 28.9 Å². The lowest BCUT2D eigenvalue weighted by atomic mass is 10.1. The molecule has 1 aliphatic heterocycles. The summed E-state index contributed by atoms with van der Waals surface area (Å²) in [6, 6.07) is 4.32. The fraction of sp³-hybridized carbons (Fsp3) is 0.500. The first-order valence-electron chi connectivity index (χ1n) is 6.91. The number of non-ortho nitro benzene ring substituents is 1. The van der Waals surface area contributed by atoms with Crippen molar-refractivity contribution in [1.82, 2.24) is 0 Å². The lowest BCUT2D eigenvalue weighted by Crippen LogP contribution is -2.39. The van der Waals surface area contributed by atoms with Crippen LogP contribution in [-0.4, -0.2) is 29.9 Å². The first-order chi connectivity index (χ1) is 10.1. The molecule has 1 aromatic rings. The van der Waals surface area contributed by atoms with Crippen LogP contribution in [0.3, 0.4) is 0 Å². The molecular weight excluding hydrogens is 296 g/mol. The summed E-state index contributed by atoms with van der Waals surface area (Å²) in [5, 5.41) is 10.9. The van der Waals surface area contributed by atoms with Gasteiger partial charge in [-0.25, -0.2) is 0 Å². The van der Waals surface area contributed by atoms with Crippen LogP contribution in [0.2, 0.25) is 0 Å². The molecule has 0 radical (unpaired) electrons. The van der Waals surface area contributed by atoms with Crippen molar-refractivity contribution in [3.05, 3.63) is 28.3 Å². The number of ether oxygens (including phenoxy) is 1. The minimum absolute atomic E-state index is 0.0213. The van der Waals surface area contributed by atoms with Gasteiger partial charge >= 0.3 is 0 Å². The minimum atomic E-state index is -0.474. The van der Waals surface area contributed by atoms with E-state index in [9.17, 15) is 14.9 Å². The van der Waals surface area contributed by atoms with E-state index in [2.05, 4.69) is 0 Å². The lowest BCUT2D eigenvalue weighted by Gasteiger charge is -2.29. The highest BCUT2D eigenvalue weighted by molar-refractivity contribution is 6.17. The normalized spacial score (nSPS) is 13.8. The van der Waals surface area contributed by atoms with Crippen molar-refractivity contribution in [3.8, 4) is 5.75 Å². The third-order valence-corrected chi connectivity index (χ3v) is 3.63. The highest BCUT2D eigenvalue weighted by Gasteiger charge is 2.27. The smallest absolute Gasteiger partial charge is 0.271 e. The molecule has 0 N–H and O–H groups in total. The average molecular weight is 313 g/mol. The quantitative estimate of drug-likeness (QED) is 0.335. The van der Waals surface area contributed by atoms with Crippen molar-refractivity contribution in [2.45, 2.75) is 25.7 Å². The summed E-state index contributed by atoms with van der Waals surface area (Å²) >= 11 is 5.62. The second kappa shape index (κ2) is 7.26. The molecule has 0 aliphatic carbocycles. The van der Waals surface area contributed by atoms with Crippen molar-refractivity contribution in [1.29, 1.82) is 0 Å². The van der Waals surface area contributed by atoms with E-state index in [-0.39, 0.29) is 18.2 Å². The molecule has 114 valence electrons. The number of nitro benzene ring substituents is 1. The number of hydrogen-bond donors (Lipinski definition) is 0. The van der Waals surface area contributed by atoms with Crippen LogP contribution in [-0.2, 0) is 4.79 Å². The molecule has 0 atom stereocenters. The Hall–Kier alpha value is -1.82. The number of halogens is 1. The van der Waals surface area contributed by atoms with E-state index < -0.39 is 4.92 Å². The molecule has 1 aromatic carbocycles. The zero-order valence-electron chi connectivity index (χ0n) is 11.6. The predicted molar refractivity (Wildman–Crippen MR) is 80.1 cm³/mol. The summed E-state index contributed by atoms with van der Waals surface area (Å²) in [5.41, 5.74) is 0.442. The van der Waals surface area contributed by atoms with Crippen LogP contribution in [0.25, 0.3) is 0 Å². The zero-order valence-corrected chi connectivity index (χ0v) is 12.3. The van der Waals surface area contributed by atoms with E-state index in [1.165, 1.54) is 12.1 Å². The van der Waals surface area contributed by atoms with E-state index >= 15 is 0 Å². The topological polar surface area (TPSA) is 72.7 Å². The Balaban J connectivity index is 2.09. The number of nitro groups is 1. The molecule has 7 heteroatoms. The van der Waals surface area contributed by atoms with E-state index in [4.69, 9.17) is 16.3 Å². The number of carbonyl (C=O) groups is 1. The molecule has 6 nitrogen and oxygen atoms in total. The van der Waals surface area contributed by atoms with E-state index in [1.54, 1.807) is 11.0 Å². The summed E-state index contributed by atoms with van der Waals surface area (Å²) in [6.45, 7) is 0.519. The molecule has 1 heterocycles. The zero-order chi connectivity index (χ0) is 15.2. The van der Waals surface area contributed by atoms with Gasteiger partial charge in [-0.1, -0.05) is 12.8 Å². The Labute approximate surface area is 127 Å². The number of amides is 1. The second-order valence-electron chi connectivity index (χ2n) is 4.85. The highest BCUT2D eigenvalue weighted by atomic mass is 35.5. The van der Waals surface area contributed by atoms with Gasteiger partial charge in [0.05, 0.1) is 10.6 Å². The number of unbranched alkanes of at least 4 members (excludes halogenated alkanes) is 3. The van der Waals surface area contributed by atoms with Gasteiger partial charge in [0, 0.05) is 24.6 Å². The highest BCUT2D eigenvalue weighted by Crippen LogP contribution is 2.35. The summed E-state index contributed by atoms with van der Waals surface area (Å²) in [7, 11) is 0. The molecule has 0 fully saturated rings. The third kappa shape index (κ3) is 3.85. The van der Waals surface area contributed by atoms with Gasteiger partial charge in [0.2, 0.25) is 0 Å². The van der Waals surface area contributed by atoms with Gasteiger partial charge in [-0.15, -0.1) is 11.6 Å². The Morgan fingerprint density at radius 1 is 1.29 bits per heavy atom. The van der Waals surface area contributed by atoms with Crippen LogP contribution in [0.4, 0.5) is 11.4 Å². The van der Waals surface area contributed by atoms with Gasteiger partial charge < -0.3 is 9.64 Å². The fourth-order valence-corrected chi connectivity index (χ4v) is 2.46. The van der Waals surface area contributed by atoms with Gasteiger partial charge in [-0.2, -0.15) is 0 Å². The van der Waals surface area contributed by atoms with Crippen LogP contribution >= 0.6 is 11.6 Å². The van der Waals surface area contributed by atoms with Crippen LogP contribution in [0.5, 0.6) is 5.75 Å². The van der Waals surface area contributed by atoms with E-state index in [0.29, 0.717) is 23.9 Å². The molecule has 0 aromatic heterocycles. The summed E-state index contributed by atoms with van der Waals surface area (Å²) in [4.78, 5) is 23.9. The molecule has 1 aliphatic rings. The Morgan fingerprint density at radius 3 is 2.76 bits per heavy atom. The fourth-order valence-electron chi connectivity index (χ4n) is 2.27. The predicted octanol–water partition coefficient (Wildman–Crippen LogP) is 3.12. The van der Waals surface area contributed by atoms with Gasteiger partial charge in [0.15, 0.2) is 6.61 Å². The number of fused-ring (bicyclic) bond motifs is 1. The maximum absolute atomic E-state index is 12.0. The summed E-state index contributed by atoms with van der Waals surface area (Å²) in [6.07, 6.45) is 3.79. The first-order valence-corrected chi connectivity index (χ1v) is 7.44. The number of rotatable bonds is 7. The van der Waals surface area contributed by atoms with Crippen LogP contribution in [0.15, 0.2) is 18.2 Å². The maximum Gasteiger partial charge on any atom is 0.271 e. The maximum atomic E-state index is 12.0. The summed E-state index contributed by atoms with van der Waals surface area (Å²) in [5.74, 6) is 0.993. The lowest BCUT2D eigenvalue weighted by molar-refractivity contribution is -0.384. The summed E-state index contributed by atoms with van der Waals surface area (Å²) < 4.78 is 5.31. The Morgan fingerprint density at radius 2 is 2.05 bits per heavy atom. The first kappa shape index (κ1) is 15.6. The number of alkyl halides is 1. The Kier molecular flexibility index (Phi) is 5.38. The van der Waals surface area contributed by atoms with Crippen molar-refractivity contribution < 1.29 is 14.5 Å². The van der Waals surface area contributed by atoms with Crippen LogP contribution in [0.1, 0.15) is 25.7 Å². The minimum Gasteiger partial charge on any atom is -0.482 e. The molecule has 0 spiro atoms.